The van der Waals surface area contributed by atoms with E-state index in [0.717, 1.165) is 21.0 Å². The molecule has 0 spiro atoms. The Morgan fingerprint density at radius 1 is 0.900 bits per heavy atom. The van der Waals surface area contributed by atoms with Gasteiger partial charge in [0.05, 0.1) is 5.56 Å². The number of hydrogen-bond acceptors (Lipinski definition) is 2. The molecule has 3 aromatic carbocycles. The van der Waals surface area contributed by atoms with Crippen molar-refractivity contribution in [1.82, 2.24) is 0 Å². The standard InChI is InChI=1S/C17H10BrNO/c18-14-9-8-13(11-19)17(10-14)20-16-7-3-5-12-4-1-2-6-15(12)16/h1-10H. The zero-order chi connectivity index (χ0) is 13.9. The van der Waals surface area contributed by atoms with Gasteiger partial charge in [-0.05, 0) is 29.7 Å². The summed E-state index contributed by atoms with van der Waals surface area (Å²) < 4.78 is 6.82. The van der Waals surface area contributed by atoms with Crippen LogP contribution in [0.4, 0.5) is 0 Å². The molecule has 0 aliphatic carbocycles. The van der Waals surface area contributed by atoms with E-state index in [0.29, 0.717) is 11.3 Å². The quantitative estimate of drug-likeness (QED) is 0.643. The monoisotopic (exact) mass is 323 g/mol. The minimum absolute atomic E-state index is 0.515. The Balaban J connectivity index is 2.10. The summed E-state index contributed by atoms with van der Waals surface area (Å²) in [6.45, 7) is 0. The van der Waals surface area contributed by atoms with Crippen molar-refractivity contribution in [2.24, 2.45) is 0 Å². The lowest BCUT2D eigenvalue weighted by molar-refractivity contribution is 0.486. The van der Waals surface area contributed by atoms with Crippen LogP contribution in [0.1, 0.15) is 5.56 Å². The molecule has 0 unspecified atom stereocenters. The first-order chi connectivity index (χ1) is 9.78. The predicted octanol–water partition coefficient (Wildman–Crippen LogP) is 5.27. The lowest BCUT2D eigenvalue weighted by Crippen LogP contribution is -1.89. The number of hydrogen-bond donors (Lipinski definition) is 0. The van der Waals surface area contributed by atoms with Crippen LogP contribution in [-0.2, 0) is 0 Å². The third-order valence-corrected chi connectivity index (χ3v) is 3.53. The molecule has 0 N–H and O–H groups in total. The van der Waals surface area contributed by atoms with Crippen molar-refractivity contribution in [2.45, 2.75) is 0 Å². The zero-order valence-electron chi connectivity index (χ0n) is 10.5. The van der Waals surface area contributed by atoms with Gasteiger partial charge in [0, 0.05) is 9.86 Å². The smallest absolute Gasteiger partial charge is 0.146 e. The van der Waals surface area contributed by atoms with Crippen LogP contribution < -0.4 is 4.74 Å². The van der Waals surface area contributed by atoms with Crippen molar-refractivity contribution < 1.29 is 4.74 Å². The molecule has 3 aromatic rings. The molecule has 2 nitrogen and oxygen atoms in total. The first kappa shape index (κ1) is 12.7. The summed E-state index contributed by atoms with van der Waals surface area (Å²) in [5, 5.41) is 11.3. The summed E-state index contributed by atoms with van der Waals surface area (Å²) in [5.74, 6) is 1.30. The Morgan fingerprint density at radius 3 is 2.55 bits per heavy atom. The normalized spacial score (nSPS) is 10.2. The summed E-state index contributed by atoms with van der Waals surface area (Å²) >= 11 is 3.40. The predicted molar refractivity (Wildman–Crippen MR) is 82.9 cm³/mol. The van der Waals surface area contributed by atoms with Crippen LogP contribution in [0.5, 0.6) is 11.5 Å². The van der Waals surface area contributed by atoms with E-state index in [1.807, 2.05) is 48.5 Å². The van der Waals surface area contributed by atoms with Crippen molar-refractivity contribution >= 4 is 26.7 Å². The third kappa shape index (κ3) is 2.38. The van der Waals surface area contributed by atoms with Gasteiger partial charge in [-0.25, -0.2) is 0 Å². The fourth-order valence-electron chi connectivity index (χ4n) is 2.08. The van der Waals surface area contributed by atoms with Crippen molar-refractivity contribution in [3.63, 3.8) is 0 Å². The number of ether oxygens (including phenoxy) is 1. The van der Waals surface area contributed by atoms with E-state index in [-0.39, 0.29) is 0 Å². The van der Waals surface area contributed by atoms with E-state index in [9.17, 15) is 0 Å². The van der Waals surface area contributed by atoms with Gasteiger partial charge < -0.3 is 4.74 Å². The Kier molecular flexibility index (Phi) is 3.41. The van der Waals surface area contributed by atoms with Gasteiger partial charge >= 0.3 is 0 Å². The molecule has 0 aromatic heterocycles. The Labute approximate surface area is 125 Å². The second-order valence-electron chi connectivity index (χ2n) is 4.33. The summed E-state index contributed by atoms with van der Waals surface area (Å²) in [7, 11) is 0. The Bertz CT molecular complexity index is 815. The molecule has 0 aliphatic rings. The molecule has 0 aliphatic heterocycles. The first-order valence-electron chi connectivity index (χ1n) is 6.13. The molecule has 96 valence electrons. The number of nitriles is 1. The molecule has 0 amide bonds. The minimum atomic E-state index is 0.515. The van der Waals surface area contributed by atoms with Gasteiger partial charge in [-0.1, -0.05) is 52.3 Å². The molecule has 20 heavy (non-hydrogen) atoms. The highest BCUT2D eigenvalue weighted by Crippen LogP contribution is 2.32. The Morgan fingerprint density at radius 2 is 1.70 bits per heavy atom. The molecular weight excluding hydrogens is 314 g/mol. The van der Waals surface area contributed by atoms with Crippen LogP contribution in [-0.4, -0.2) is 0 Å². The van der Waals surface area contributed by atoms with Gasteiger partial charge in [0.2, 0.25) is 0 Å². The van der Waals surface area contributed by atoms with Crippen molar-refractivity contribution in [3.05, 3.63) is 70.7 Å². The van der Waals surface area contributed by atoms with Gasteiger partial charge in [0.25, 0.3) is 0 Å². The largest absolute Gasteiger partial charge is 0.455 e. The molecule has 0 bridgehead atoms. The number of nitrogens with zero attached hydrogens (tertiary/aromatic N) is 1. The van der Waals surface area contributed by atoms with Gasteiger partial charge in [-0.3, -0.25) is 0 Å². The molecule has 0 fully saturated rings. The number of halogens is 1. The molecule has 0 radical (unpaired) electrons. The van der Waals surface area contributed by atoms with Crippen molar-refractivity contribution in [2.75, 3.05) is 0 Å². The average Bonchev–Trinajstić information content (AvgIpc) is 2.48. The van der Waals surface area contributed by atoms with E-state index in [1.54, 1.807) is 12.1 Å². The van der Waals surface area contributed by atoms with E-state index < -0.39 is 0 Å². The van der Waals surface area contributed by atoms with Crippen LogP contribution >= 0.6 is 15.9 Å². The van der Waals surface area contributed by atoms with Gasteiger partial charge in [-0.2, -0.15) is 5.26 Å². The Hall–Kier alpha value is -2.31. The highest BCUT2D eigenvalue weighted by molar-refractivity contribution is 9.10. The number of rotatable bonds is 2. The molecule has 0 atom stereocenters. The maximum absolute atomic E-state index is 9.16. The fraction of sp³-hybridized carbons (Fsp3) is 0. The number of benzene rings is 3. The van der Waals surface area contributed by atoms with Crippen LogP contribution in [0.3, 0.4) is 0 Å². The zero-order valence-corrected chi connectivity index (χ0v) is 12.1. The maximum Gasteiger partial charge on any atom is 0.146 e. The summed E-state index contributed by atoms with van der Waals surface area (Å²) in [6.07, 6.45) is 0. The van der Waals surface area contributed by atoms with Crippen molar-refractivity contribution in [1.29, 1.82) is 5.26 Å². The SMILES string of the molecule is N#Cc1ccc(Br)cc1Oc1cccc2ccccc12. The van der Waals surface area contributed by atoms with Gasteiger partial charge in [-0.15, -0.1) is 0 Å². The molecule has 3 rings (SSSR count). The van der Waals surface area contributed by atoms with E-state index in [2.05, 4.69) is 22.0 Å². The topological polar surface area (TPSA) is 33.0 Å². The number of fused-ring (bicyclic) bond motifs is 1. The molecule has 0 saturated heterocycles. The van der Waals surface area contributed by atoms with Crippen LogP contribution in [0.2, 0.25) is 0 Å². The van der Waals surface area contributed by atoms with Crippen LogP contribution in [0.25, 0.3) is 10.8 Å². The second-order valence-corrected chi connectivity index (χ2v) is 5.25. The van der Waals surface area contributed by atoms with E-state index in [4.69, 9.17) is 10.00 Å². The summed E-state index contributed by atoms with van der Waals surface area (Å²) in [6, 6.07) is 21.4. The second kappa shape index (κ2) is 5.36. The summed E-state index contributed by atoms with van der Waals surface area (Å²) in [5.41, 5.74) is 0.515. The van der Waals surface area contributed by atoms with Crippen LogP contribution in [0.15, 0.2) is 65.1 Å². The van der Waals surface area contributed by atoms with E-state index in [1.165, 1.54) is 0 Å². The maximum atomic E-state index is 9.16. The summed E-state index contributed by atoms with van der Waals surface area (Å²) in [4.78, 5) is 0. The highest BCUT2D eigenvalue weighted by atomic mass is 79.9. The first-order valence-corrected chi connectivity index (χ1v) is 6.92. The van der Waals surface area contributed by atoms with Crippen LogP contribution in [0, 0.1) is 11.3 Å². The lowest BCUT2D eigenvalue weighted by atomic mass is 10.1. The minimum Gasteiger partial charge on any atom is -0.455 e. The average molecular weight is 324 g/mol. The molecule has 0 heterocycles. The molecule has 3 heteroatoms. The van der Waals surface area contributed by atoms with Gasteiger partial charge in [0.1, 0.15) is 17.6 Å². The van der Waals surface area contributed by atoms with Crippen molar-refractivity contribution in [3.8, 4) is 17.6 Å². The fourth-order valence-corrected chi connectivity index (χ4v) is 2.42. The van der Waals surface area contributed by atoms with Gasteiger partial charge in [0.15, 0.2) is 0 Å². The molecule has 0 saturated carbocycles. The molecular formula is C17H10BrNO. The lowest BCUT2D eigenvalue weighted by Gasteiger charge is -2.10. The highest BCUT2D eigenvalue weighted by Gasteiger charge is 2.08. The van der Waals surface area contributed by atoms with E-state index >= 15 is 0 Å². The third-order valence-electron chi connectivity index (χ3n) is 3.03.